The van der Waals surface area contributed by atoms with Crippen molar-refractivity contribution in [3.05, 3.63) is 29.8 Å². The fraction of sp³-hybridized carbons (Fsp3) is 0.708. The zero-order valence-corrected chi connectivity index (χ0v) is 22.6. The number of halogens is 1. The van der Waals surface area contributed by atoms with Gasteiger partial charge in [-0.15, -0.1) is 24.0 Å². The van der Waals surface area contributed by atoms with E-state index < -0.39 is 0 Å². The molecule has 0 radical (unpaired) electrons. The normalized spacial score (nSPS) is 17.2. The van der Waals surface area contributed by atoms with Gasteiger partial charge in [0.15, 0.2) is 5.96 Å². The zero-order chi connectivity index (χ0) is 22.3. The maximum Gasteiger partial charge on any atom is 0.191 e. The molecule has 1 heterocycles. The molecule has 1 aromatic rings. The number of hydrogen-bond donors (Lipinski definition) is 2. The Morgan fingerprint density at radius 2 is 2.06 bits per heavy atom. The van der Waals surface area contributed by atoms with Crippen molar-refractivity contribution in [2.45, 2.75) is 39.7 Å². The molecule has 0 bridgehead atoms. The minimum atomic E-state index is 0. The molecule has 0 amide bonds. The predicted molar refractivity (Wildman–Crippen MR) is 142 cm³/mol. The number of likely N-dealkylation sites (N-methyl/N-ethyl adjacent to an activating group) is 1. The second-order valence-electron chi connectivity index (χ2n) is 7.82. The third kappa shape index (κ3) is 10.2. The second-order valence-corrected chi connectivity index (χ2v) is 7.82. The van der Waals surface area contributed by atoms with Gasteiger partial charge in [0.2, 0.25) is 0 Å². The third-order valence-corrected chi connectivity index (χ3v) is 5.63. The summed E-state index contributed by atoms with van der Waals surface area (Å²) >= 11 is 0. The number of ether oxygens (including phenoxy) is 3. The molecule has 32 heavy (non-hydrogen) atoms. The molecule has 2 unspecified atom stereocenters. The van der Waals surface area contributed by atoms with E-state index in [0.717, 1.165) is 77.2 Å². The van der Waals surface area contributed by atoms with E-state index in [2.05, 4.69) is 54.5 Å². The Kier molecular flexibility index (Phi) is 15.7. The van der Waals surface area contributed by atoms with Crippen LogP contribution in [-0.2, 0) is 9.47 Å². The average Bonchev–Trinajstić information content (AvgIpc) is 3.32. The molecule has 1 aliphatic rings. The molecular weight excluding hydrogens is 519 g/mol. The van der Waals surface area contributed by atoms with Gasteiger partial charge >= 0.3 is 0 Å². The van der Waals surface area contributed by atoms with Crippen molar-refractivity contribution in [3.63, 3.8) is 0 Å². The first kappa shape index (κ1) is 28.9. The van der Waals surface area contributed by atoms with Gasteiger partial charge in [-0.2, -0.15) is 0 Å². The molecule has 2 atom stereocenters. The fourth-order valence-electron chi connectivity index (χ4n) is 3.81. The summed E-state index contributed by atoms with van der Waals surface area (Å²) in [7, 11) is 1.71. The SMILES string of the molecule is CCNC(=NCC(c1cccc(OC)c1)N(CC)CC)NCCCOCC1CCOC1.I. The van der Waals surface area contributed by atoms with Crippen molar-refractivity contribution in [1.29, 1.82) is 0 Å². The Morgan fingerprint density at radius 1 is 1.25 bits per heavy atom. The molecule has 184 valence electrons. The van der Waals surface area contributed by atoms with Gasteiger partial charge in [0.25, 0.3) is 0 Å². The van der Waals surface area contributed by atoms with Crippen molar-refractivity contribution >= 4 is 29.9 Å². The summed E-state index contributed by atoms with van der Waals surface area (Å²) in [4.78, 5) is 7.33. The van der Waals surface area contributed by atoms with Crippen molar-refractivity contribution < 1.29 is 14.2 Å². The van der Waals surface area contributed by atoms with Crippen LogP contribution in [0.5, 0.6) is 5.75 Å². The van der Waals surface area contributed by atoms with Crippen LogP contribution >= 0.6 is 24.0 Å². The quantitative estimate of drug-likeness (QED) is 0.156. The van der Waals surface area contributed by atoms with Crippen LogP contribution in [0.2, 0.25) is 0 Å². The van der Waals surface area contributed by atoms with Gasteiger partial charge in [0.1, 0.15) is 5.75 Å². The summed E-state index contributed by atoms with van der Waals surface area (Å²) < 4.78 is 16.6. The Labute approximate surface area is 211 Å². The van der Waals surface area contributed by atoms with E-state index in [1.54, 1.807) is 7.11 Å². The highest BCUT2D eigenvalue weighted by Gasteiger charge is 2.19. The van der Waals surface area contributed by atoms with E-state index in [-0.39, 0.29) is 30.0 Å². The molecule has 0 spiro atoms. The summed E-state index contributed by atoms with van der Waals surface area (Å²) in [5.74, 6) is 2.31. The van der Waals surface area contributed by atoms with Gasteiger partial charge in [-0.3, -0.25) is 9.89 Å². The van der Waals surface area contributed by atoms with Crippen LogP contribution in [0.25, 0.3) is 0 Å². The van der Waals surface area contributed by atoms with Gasteiger partial charge < -0.3 is 24.8 Å². The summed E-state index contributed by atoms with van der Waals surface area (Å²) in [6.45, 7) is 14.1. The van der Waals surface area contributed by atoms with Crippen LogP contribution in [0.3, 0.4) is 0 Å². The Bertz CT molecular complexity index is 637. The van der Waals surface area contributed by atoms with E-state index in [9.17, 15) is 0 Å². The molecule has 1 aromatic carbocycles. The highest BCUT2D eigenvalue weighted by atomic mass is 127. The van der Waals surface area contributed by atoms with Crippen molar-refractivity contribution in [2.24, 2.45) is 10.9 Å². The highest BCUT2D eigenvalue weighted by molar-refractivity contribution is 14.0. The predicted octanol–water partition coefficient (Wildman–Crippen LogP) is 3.69. The lowest BCUT2D eigenvalue weighted by molar-refractivity contribution is 0.0888. The highest BCUT2D eigenvalue weighted by Crippen LogP contribution is 2.24. The van der Waals surface area contributed by atoms with Crippen LogP contribution in [0.15, 0.2) is 29.3 Å². The molecule has 0 saturated carbocycles. The summed E-state index contributed by atoms with van der Waals surface area (Å²) in [6, 6.07) is 8.52. The number of hydrogen-bond acceptors (Lipinski definition) is 5. The molecule has 2 rings (SSSR count). The molecule has 7 nitrogen and oxygen atoms in total. The van der Waals surface area contributed by atoms with Gasteiger partial charge in [-0.1, -0.05) is 26.0 Å². The molecule has 2 N–H and O–H groups in total. The van der Waals surface area contributed by atoms with Gasteiger partial charge in [0, 0.05) is 32.2 Å². The van der Waals surface area contributed by atoms with Crippen LogP contribution in [0.4, 0.5) is 0 Å². The number of methoxy groups -OCH3 is 1. The standard InChI is InChI=1S/C24H42N4O3.HI/c1-5-25-24(26-13-9-14-30-18-20-12-15-31-19-20)27-17-23(28(6-2)7-3)21-10-8-11-22(16-21)29-4;/h8,10-11,16,20,23H,5-7,9,12-15,17-19H2,1-4H3,(H2,25,26,27);1H. The van der Waals surface area contributed by atoms with Crippen molar-refractivity contribution in [2.75, 3.05) is 66.3 Å². The fourth-order valence-corrected chi connectivity index (χ4v) is 3.81. The number of aliphatic imine (C=N–C) groups is 1. The zero-order valence-electron chi connectivity index (χ0n) is 20.3. The lowest BCUT2D eigenvalue weighted by Crippen LogP contribution is -2.39. The Morgan fingerprint density at radius 3 is 2.72 bits per heavy atom. The van der Waals surface area contributed by atoms with E-state index in [4.69, 9.17) is 19.2 Å². The molecule has 1 aliphatic heterocycles. The van der Waals surface area contributed by atoms with E-state index >= 15 is 0 Å². The summed E-state index contributed by atoms with van der Waals surface area (Å²) in [5.41, 5.74) is 1.23. The number of nitrogens with one attached hydrogen (secondary N) is 2. The summed E-state index contributed by atoms with van der Waals surface area (Å²) in [6.07, 6.45) is 2.07. The van der Waals surface area contributed by atoms with Crippen LogP contribution in [-0.4, -0.2) is 77.1 Å². The summed E-state index contributed by atoms with van der Waals surface area (Å²) in [5, 5.41) is 6.81. The molecule has 0 aliphatic carbocycles. The molecule has 1 saturated heterocycles. The molecule has 1 fully saturated rings. The maximum absolute atomic E-state index is 5.80. The number of nitrogens with zero attached hydrogens (tertiary/aromatic N) is 2. The number of guanidine groups is 1. The lowest BCUT2D eigenvalue weighted by atomic mass is 10.0. The second kappa shape index (κ2) is 17.4. The number of rotatable bonds is 14. The topological polar surface area (TPSA) is 67.4 Å². The molecule has 8 heteroatoms. The third-order valence-electron chi connectivity index (χ3n) is 5.63. The van der Waals surface area contributed by atoms with E-state index in [1.807, 2.05) is 6.07 Å². The number of benzene rings is 1. The van der Waals surface area contributed by atoms with E-state index in [1.165, 1.54) is 5.56 Å². The Hall–Kier alpha value is -1.10. The smallest absolute Gasteiger partial charge is 0.191 e. The first-order valence-electron chi connectivity index (χ1n) is 11.8. The largest absolute Gasteiger partial charge is 0.497 e. The average molecular weight is 563 g/mol. The van der Waals surface area contributed by atoms with Crippen LogP contribution in [0, 0.1) is 5.92 Å². The first-order chi connectivity index (χ1) is 15.2. The van der Waals surface area contributed by atoms with E-state index in [0.29, 0.717) is 12.5 Å². The van der Waals surface area contributed by atoms with Crippen LogP contribution < -0.4 is 15.4 Å². The first-order valence-corrected chi connectivity index (χ1v) is 11.8. The maximum atomic E-state index is 5.80. The Balaban J connectivity index is 0.00000512. The molecular formula is C24H43IN4O3. The minimum absolute atomic E-state index is 0. The van der Waals surface area contributed by atoms with Crippen molar-refractivity contribution in [3.8, 4) is 5.75 Å². The van der Waals surface area contributed by atoms with Crippen LogP contribution in [0.1, 0.15) is 45.2 Å². The van der Waals surface area contributed by atoms with Gasteiger partial charge in [-0.05, 0) is 50.6 Å². The monoisotopic (exact) mass is 562 g/mol. The van der Waals surface area contributed by atoms with Crippen molar-refractivity contribution in [1.82, 2.24) is 15.5 Å². The minimum Gasteiger partial charge on any atom is -0.497 e. The lowest BCUT2D eigenvalue weighted by Gasteiger charge is -2.29. The van der Waals surface area contributed by atoms with Gasteiger partial charge in [0.05, 0.1) is 32.9 Å². The molecule has 0 aromatic heterocycles. The van der Waals surface area contributed by atoms with Gasteiger partial charge in [-0.25, -0.2) is 0 Å².